The first-order chi connectivity index (χ1) is 11.1. The molecule has 0 spiro atoms. The Morgan fingerprint density at radius 2 is 2.00 bits per heavy atom. The van der Waals surface area contributed by atoms with E-state index in [1.165, 1.54) is 24.3 Å². The molecule has 7 heteroatoms. The zero-order valence-electron chi connectivity index (χ0n) is 13.7. The highest BCUT2D eigenvalue weighted by Crippen LogP contribution is 2.17. The van der Waals surface area contributed by atoms with Gasteiger partial charge in [-0.25, -0.2) is 4.39 Å². The van der Waals surface area contributed by atoms with Gasteiger partial charge in [0.15, 0.2) is 0 Å². The Balaban J connectivity index is 0.00000288. The van der Waals surface area contributed by atoms with E-state index in [0.717, 1.165) is 32.4 Å². The standard InChI is InChI=1S/C17H25FN2O3.ClH/c18-14-2-4-16(5-3-14)23-12-15(21)11-20-17(22)6-1-13-7-9-19-10-8-13;/h2-5,13,15,19,21H,1,6-12H2,(H,20,22);1H. The second kappa shape index (κ2) is 11.2. The van der Waals surface area contributed by atoms with Crippen LogP contribution in [-0.4, -0.2) is 43.4 Å². The fourth-order valence-corrected chi connectivity index (χ4v) is 2.61. The highest BCUT2D eigenvalue weighted by molar-refractivity contribution is 5.85. The topological polar surface area (TPSA) is 70.6 Å². The molecule has 1 aliphatic rings. The molecule has 0 aromatic heterocycles. The highest BCUT2D eigenvalue weighted by atomic mass is 35.5. The van der Waals surface area contributed by atoms with Gasteiger partial charge in [-0.15, -0.1) is 12.4 Å². The van der Waals surface area contributed by atoms with Crippen LogP contribution < -0.4 is 15.4 Å². The smallest absolute Gasteiger partial charge is 0.220 e. The molecule has 1 amide bonds. The van der Waals surface area contributed by atoms with Gasteiger partial charge in [-0.1, -0.05) is 0 Å². The number of halogens is 2. The fourth-order valence-electron chi connectivity index (χ4n) is 2.61. The molecule has 0 aliphatic carbocycles. The molecule has 1 aliphatic heterocycles. The van der Waals surface area contributed by atoms with Crippen LogP contribution in [0, 0.1) is 11.7 Å². The van der Waals surface area contributed by atoms with E-state index in [1.54, 1.807) is 0 Å². The summed E-state index contributed by atoms with van der Waals surface area (Å²) in [6.07, 6.45) is 2.86. The van der Waals surface area contributed by atoms with Crippen molar-refractivity contribution in [2.45, 2.75) is 31.8 Å². The van der Waals surface area contributed by atoms with E-state index in [2.05, 4.69) is 10.6 Å². The Hall–Kier alpha value is -1.37. The number of ether oxygens (including phenoxy) is 1. The first-order valence-corrected chi connectivity index (χ1v) is 8.17. The number of benzene rings is 1. The van der Waals surface area contributed by atoms with Crippen molar-refractivity contribution < 1.29 is 19.0 Å². The molecule has 24 heavy (non-hydrogen) atoms. The molecule has 0 radical (unpaired) electrons. The van der Waals surface area contributed by atoms with Crippen LogP contribution in [0.2, 0.25) is 0 Å². The fraction of sp³-hybridized carbons (Fsp3) is 0.588. The molecule has 1 fully saturated rings. The molecule has 1 aromatic carbocycles. The zero-order valence-corrected chi connectivity index (χ0v) is 14.5. The molecular weight excluding hydrogens is 335 g/mol. The summed E-state index contributed by atoms with van der Waals surface area (Å²) in [5, 5.41) is 15.8. The Bertz CT molecular complexity index is 481. The van der Waals surface area contributed by atoms with Crippen molar-refractivity contribution >= 4 is 18.3 Å². The molecule has 1 heterocycles. The largest absolute Gasteiger partial charge is 0.491 e. The van der Waals surface area contributed by atoms with Crippen LogP contribution in [0.3, 0.4) is 0 Å². The van der Waals surface area contributed by atoms with E-state index in [-0.39, 0.29) is 37.3 Å². The predicted molar refractivity (Wildman–Crippen MR) is 93.0 cm³/mol. The van der Waals surface area contributed by atoms with E-state index in [4.69, 9.17) is 4.74 Å². The van der Waals surface area contributed by atoms with Crippen molar-refractivity contribution in [1.82, 2.24) is 10.6 Å². The maximum atomic E-state index is 12.7. The molecule has 0 saturated carbocycles. The first-order valence-electron chi connectivity index (χ1n) is 8.17. The number of carbonyl (C=O) groups is 1. The summed E-state index contributed by atoms with van der Waals surface area (Å²) >= 11 is 0. The van der Waals surface area contributed by atoms with Gasteiger partial charge in [0.05, 0.1) is 0 Å². The molecule has 5 nitrogen and oxygen atoms in total. The van der Waals surface area contributed by atoms with Gasteiger partial charge in [-0.05, 0) is 62.5 Å². The van der Waals surface area contributed by atoms with Gasteiger partial charge in [-0.3, -0.25) is 4.79 Å². The van der Waals surface area contributed by atoms with Crippen LogP contribution in [0.4, 0.5) is 4.39 Å². The average molecular weight is 361 g/mol. The van der Waals surface area contributed by atoms with E-state index in [9.17, 15) is 14.3 Å². The summed E-state index contributed by atoms with van der Waals surface area (Å²) in [7, 11) is 0. The van der Waals surface area contributed by atoms with Crippen LogP contribution in [0.15, 0.2) is 24.3 Å². The third-order valence-corrected chi connectivity index (χ3v) is 4.03. The zero-order chi connectivity index (χ0) is 16.5. The van der Waals surface area contributed by atoms with Crippen molar-refractivity contribution in [3.8, 4) is 5.75 Å². The van der Waals surface area contributed by atoms with E-state index in [1.807, 2.05) is 0 Å². The molecular formula is C17H26ClFN2O3. The third-order valence-electron chi connectivity index (χ3n) is 4.03. The van der Waals surface area contributed by atoms with Gasteiger partial charge in [0.1, 0.15) is 24.3 Å². The Labute approximate surface area is 148 Å². The molecule has 0 bridgehead atoms. The van der Waals surface area contributed by atoms with Crippen molar-refractivity contribution in [2.75, 3.05) is 26.2 Å². The predicted octanol–water partition coefficient (Wildman–Crippen LogP) is 1.88. The molecule has 1 saturated heterocycles. The summed E-state index contributed by atoms with van der Waals surface area (Å²) in [5.41, 5.74) is 0. The minimum absolute atomic E-state index is 0. The second-order valence-electron chi connectivity index (χ2n) is 5.95. The minimum atomic E-state index is -0.789. The van der Waals surface area contributed by atoms with Crippen molar-refractivity contribution in [2.24, 2.45) is 5.92 Å². The third kappa shape index (κ3) is 7.95. The molecule has 3 N–H and O–H groups in total. The molecule has 1 atom stereocenters. The Kier molecular flexibility index (Phi) is 9.67. The van der Waals surface area contributed by atoms with Gasteiger partial charge in [0.25, 0.3) is 0 Å². The number of nitrogens with one attached hydrogen (secondary N) is 2. The molecule has 1 aromatic rings. The van der Waals surface area contributed by atoms with E-state index >= 15 is 0 Å². The number of piperidine rings is 1. The van der Waals surface area contributed by atoms with Gasteiger partial charge < -0.3 is 20.5 Å². The monoisotopic (exact) mass is 360 g/mol. The number of carbonyl (C=O) groups excluding carboxylic acids is 1. The van der Waals surface area contributed by atoms with E-state index in [0.29, 0.717) is 18.1 Å². The van der Waals surface area contributed by atoms with Crippen LogP contribution in [0.5, 0.6) is 5.75 Å². The maximum Gasteiger partial charge on any atom is 0.220 e. The van der Waals surface area contributed by atoms with Gasteiger partial charge in [0.2, 0.25) is 5.91 Å². The van der Waals surface area contributed by atoms with Crippen LogP contribution in [0.1, 0.15) is 25.7 Å². The van der Waals surface area contributed by atoms with Gasteiger partial charge >= 0.3 is 0 Å². The summed E-state index contributed by atoms with van der Waals surface area (Å²) in [5.74, 6) is 0.736. The number of aliphatic hydroxyl groups is 1. The van der Waals surface area contributed by atoms with Crippen molar-refractivity contribution in [3.05, 3.63) is 30.1 Å². The van der Waals surface area contributed by atoms with Crippen LogP contribution >= 0.6 is 12.4 Å². The first kappa shape index (κ1) is 20.7. The maximum absolute atomic E-state index is 12.7. The van der Waals surface area contributed by atoms with Gasteiger partial charge in [-0.2, -0.15) is 0 Å². The number of rotatable bonds is 8. The minimum Gasteiger partial charge on any atom is -0.491 e. The Morgan fingerprint density at radius 1 is 1.33 bits per heavy atom. The lowest BCUT2D eigenvalue weighted by molar-refractivity contribution is -0.122. The SMILES string of the molecule is Cl.O=C(CCC1CCNCC1)NCC(O)COc1ccc(F)cc1. The number of hydrogen-bond donors (Lipinski definition) is 3. The van der Waals surface area contributed by atoms with Crippen LogP contribution in [-0.2, 0) is 4.79 Å². The highest BCUT2D eigenvalue weighted by Gasteiger charge is 2.15. The van der Waals surface area contributed by atoms with Crippen molar-refractivity contribution in [1.29, 1.82) is 0 Å². The van der Waals surface area contributed by atoms with E-state index < -0.39 is 6.10 Å². The lowest BCUT2D eigenvalue weighted by Crippen LogP contribution is -2.35. The Morgan fingerprint density at radius 3 is 2.67 bits per heavy atom. The molecule has 136 valence electrons. The summed E-state index contributed by atoms with van der Waals surface area (Å²) < 4.78 is 18.1. The molecule has 2 rings (SSSR count). The van der Waals surface area contributed by atoms with Crippen LogP contribution in [0.25, 0.3) is 0 Å². The van der Waals surface area contributed by atoms with Gasteiger partial charge in [0, 0.05) is 13.0 Å². The average Bonchev–Trinajstić information content (AvgIpc) is 2.58. The quantitative estimate of drug-likeness (QED) is 0.662. The summed E-state index contributed by atoms with van der Waals surface area (Å²) in [6.45, 7) is 2.28. The van der Waals surface area contributed by atoms with Crippen molar-refractivity contribution in [3.63, 3.8) is 0 Å². The second-order valence-corrected chi connectivity index (χ2v) is 5.95. The summed E-state index contributed by atoms with van der Waals surface area (Å²) in [6, 6.07) is 5.59. The lowest BCUT2D eigenvalue weighted by Gasteiger charge is -2.22. The normalized spacial score (nSPS) is 16.1. The molecule has 1 unspecified atom stereocenters. The number of aliphatic hydroxyl groups excluding tert-OH is 1. The lowest BCUT2D eigenvalue weighted by atomic mass is 9.93. The number of amides is 1. The number of hydrogen-bond acceptors (Lipinski definition) is 4. The summed E-state index contributed by atoms with van der Waals surface area (Å²) in [4.78, 5) is 11.8.